The van der Waals surface area contributed by atoms with Crippen LogP contribution in [0.5, 0.6) is 0 Å². The Morgan fingerprint density at radius 2 is 1.76 bits per heavy atom. The van der Waals surface area contributed by atoms with E-state index >= 15 is 0 Å². The van der Waals surface area contributed by atoms with Gasteiger partial charge in [0, 0.05) is 17.0 Å². The summed E-state index contributed by atoms with van der Waals surface area (Å²) in [6.45, 7) is 0. The number of aromatic amines is 1. The van der Waals surface area contributed by atoms with E-state index < -0.39 is 21.4 Å². The van der Waals surface area contributed by atoms with Gasteiger partial charge in [-0.3, -0.25) is 4.79 Å². The number of nitrogens with two attached hydrogens (primary N) is 1. The van der Waals surface area contributed by atoms with Crippen LogP contribution < -0.4 is 16.0 Å². The summed E-state index contributed by atoms with van der Waals surface area (Å²) in [6.07, 6.45) is 1.43. The average Bonchev–Trinajstić information content (AvgIpc) is 2.64. The van der Waals surface area contributed by atoms with E-state index in [1.54, 1.807) is 6.07 Å². The van der Waals surface area contributed by atoms with Crippen LogP contribution in [0.4, 0.5) is 15.9 Å². The molecule has 0 fully saturated rings. The Morgan fingerprint density at radius 3 is 2.41 bits per heavy atom. The van der Waals surface area contributed by atoms with Crippen molar-refractivity contribution in [2.45, 2.75) is 4.90 Å². The predicted octanol–water partition coefficient (Wildman–Crippen LogP) is 3.91. The van der Waals surface area contributed by atoms with Crippen molar-refractivity contribution < 1.29 is 12.8 Å². The quantitative estimate of drug-likeness (QED) is 0.407. The number of hydrogen-bond acceptors (Lipinski definition) is 5. The van der Waals surface area contributed by atoms with Crippen molar-refractivity contribution in [2.75, 3.05) is 5.32 Å². The first-order chi connectivity index (χ1) is 13.6. The van der Waals surface area contributed by atoms with Crippen LogP contribution in [0.25, 0.3) is 21.7 Å². The maximum Gasteiger partial charge on any atom is 0.256 e. The number of H-pyrrole nitrogens is 1. The van der Waals surface area contributed by atoms with Crippen LogP contribution in [-0.4, -0.2) is 18.4 Å². The molecule has 0 aliphatic carbocycles. The van der Waals surface area contributed by atoms with Crippen LogP contribution in [0.1, 0.15) is 0 Å². The van der Waals surface area contributed by atoms with Crippen molar-refractivity contribution in [1.29, 1.82) is 0 Å². The summed E-state index contributed by atoms with van der Waals surface area (Å²) >= 11 is 12.4. The highest BCUT2D eigenvalue weighted by molar-refractivity contribution is 7.89. The van der Waals surface area contributed by atoms with Gasteiger partial charge >= 0.3 is 0 Å². The van der Waals surface area contributed by atoms with Crippen molar-refractivity contribution >= 4 is 66.4 Å². The van der Waals surface area contributed by atoms with Gasteiger partial charge in [-0.05, 0) is 36.4 Å². The van der Waals surface area contributed by atoms with Gasteiger partial charge in [0.15, 0.2) is 0 Å². The molecular formula is C18H11Cl2FN4O3S. The molecule has 2 aromatic carbocycles. The molecule has 148 valence electrons. The van der Waals surface area contributed by atoms with Gasteiger partial charge in [-0.1, -0.05) is 23.2 Å². The number of hydrogen-bond donors (Lipinski definition) is 3. The number of halogens is 3. The third-order valence-electron chi connectivity index (χ3n) is 4.26. The second-order valence-electron chi connectivity index (χ2n) is 6.15. The molecule has 0 aliphatic heterocycles. The zero-order valence-corrected chi connectivity index (χ0v) is 16.7. The van der Waals surface area contributed by atoms with Gasteiger partial charge in [-0.2, -0.15) is 0 Å². The number of pyridine rings is 2. The molecule has 0 saturated heterocycles. The number of anilines is 2. The molecule has 4 N–H and O–H groups in total. The van der Waals surface area contributed by atoms with E-state index in [1.807, 2.05) is 0 Å². The summed E-state index contributed by atoms with van der Waals surface area (Å²) < 4.78 is 36.8. The number of benzene rings is 2. The van der Waals surface area contributed by atoms with E-state index in [2.05, 4.69) is 15.3 Å². The molecule has 29 heavy (non-hydrogen) atoms. The first-order valence-electron chi connectivity index (χ1n) is 8.04. The van der Waals surface area contributed by atoms with Crippen molar-refractivity contribution in [1.82, 2.24) is 9.97 Å². The monoisotopic (exact) mass is 452 g/mol. The SMILES string of the molecule is NS(=O)(=O)c1cc(Cl)c(Nc2nc3ccc(F)cc3c3c(=O)[nH]ccc23)c(Cl)c1. The number of nitrogens with one attached hydrogen (secondary N) is 2. The number of rotatable bonds is 3. The molecule has 0 unspecified atom stereocenters. The van der Waals surface area contributed by atoms with E-state index in [9.17, 15) is 17.6 Å². The molecule has 0 radical (unpaired) electrons. The Hall–Kier alpha value is -2.72. The van der Waals surface area contributed by atoms with E-state index in [4.69, 9.17) is 28.3 Å². The Labute approximate surface area is 173 Å². The molecule has 0 spiro atoms. The molecule has 4 aromatic rings. The van der Waals surface area contributed by atoms with Crippen LogP contribution in [0.2, 0.25) is 10.0 Å². The molecule has 0 aliphatic rings. The molecule has 2 aromatic heterocycles. The second kappa shape index (κ2) is 6.96. The van der Waals surface area contributed by atoms with Crippen LogP contribution in [-0.2, 0) is 10.0 Å². The highest BCUT2D eigenvalue weighted by atomic mass is 35.5. The van der Waals surface area contributed by atoms with Gasteiger partial charge in [-0.25, -0.2) is 22.9 Å². The molecular weight excluding hydrogens is 442 g/mol. The summed E-state index contributed by atoms with van der Waals surface area (Å²) in [4.78, 5) is 19.2. The fraction of sp³-hybridized carbons (Fsp3) is 0. The molecule has 11 heteroatoms. The molecule has 0 atom stereocenters. The standard InChI is InChI=1S/C18H11Cl2FN4O3S/c19-12-6-9(29(22,27)28)7-13(20)16(12)25-17-10-3-4-23-18(26)15(10)11-5-8(21)1-2-14(11)24-17/h1-7H,(H,23,26)(H,24,25)(H2,22,27,28). The molecule has 7 nitrogen and oxygen atoms in total. The average molecular weight is 453 g/mol. The molecule has 0 saturated carbocycles. The Balaban J connectivity index is 1.97. The van der Waals surface area contributed by atoms with Gasteiger partial charge in [0.2, 0.25) is 10.0 Å². The van der Waals surface area contributed by atoms with E-state index in [0.29, 0.717) is 16.3 Å². The van der Waals surface area contributed by atoms with Crippen molar-refractivity contribution in [2.24, 2.45) is 5.14 Å². The number of aromatic nitrogens is 2. The van der Waals surface area contributed by atoms with Crippen LogP contribution in [0.3, 0.4) is 0 Å². The number of sulfonamides is 1. The fourth-order valence-electron chi connectivity index (χ4n) is 2.98. The minimum atomic E-state index is -4.00. The van der Waals surface area contributed by atoms with E-state index in [-0.39, 0.29) is 31.8 Å². The Kier molecular flexibility index (Phi) is 4.70. The van der Waals surface area contributed by atoms with E-state index in [1.165, 1.54) is 24.4 Å². The zero-order valence-electron chi connectivity index (χ0n) is 14.3. The lowest BCUT2D eigenvalue weighted by atomic mass is 10.1. The normalized spacial score (nSPS) is 11.9. The number of nitrogens with zero attached hydrogens (tertiary/aromatic N) is 1. The highest BCUT2D eigenvalue weighted by Crippen LogP contribution is 2.37. The van der Waals surface area contributed by atoms with Crippen molar-refractivity contribution in [3.8, 4) is 0 Å². The molecule has 0 bridgehead atoms. The van der Waals surface area contributed by atoms with Gasteiger partial charge in [-0.15, -0.1) is 0 Å². The van der Waals surface area contributed by atoms with Crippen molar-refractivity contribution in [3.63, 3.8) is 0 Å². The largest absolute Gasteiger partial charge is 0.337 e. The van der Waals surface area contributed by atoms with Gasteiger partial charge in [0.1, 0.15) is 11.6 Å². The van der Waals surface area contributed by atoms with Gasteiger partial charge in [0.25, 0.3) is 5.56 Å². The third-order valence-corrected chi connectivity index (χ3v) is 5.75. The van der Waals surface area contributed by atoms with Crippen LogP contribution in [0, 0.1) is 5.82 Å². The summed E-state index contributed by atoms with van der Waals surface area (Å²) in [5.41, 5.74) is 0.119. The second-order valence-corrected chi connectivity index (χ2v) is 8.53. The fourth-order valence-corrected chi connectivity index (χ4v) is 4.25. The smallest absolute Gasteiger partial charge is 0.256 e. The highest BCUT2D eigenvalue weighted by Gasteiger charge is 2.18. The summed E-state index contributed by atoms with van der Waals surface area (Å²) in [5, 5.41) is 9.00. The number of primary sulfonamides is 1. The first kappa shape index (κ1) is 19.6. The molecule has 2 heterocycles. The lowest BCUT2D eigenvalue weighted by molar-refractivity contribution is 0.598. The minimum Gasteiger partial charge on any atom is -0.337 e. The van der Waals surface area contributed by atoms with Crippen LogP contribution in [0.15, 0.2) is 52.3 Å². The summed E-state index contributed by atoms with van der Waals surface area (Å²) in [7, 11) is -4.00. The maximum absolute atomic E-state index is 13.7. The Bertz CT molecular complexity index is 1450. The predicted molar refractivity (Wildman–Crippen MR) is 111 cm³/mol. The van der Waals surface area contributed by atoms with Gasteiger partial charge in [0.05, 0.1) is 31.5 Å². The molecule has 4 rings (SSSR count). The summed E-state index contributed by atoms with van der Waals surface area (Å²) in [6, 6.07) is 7.78. The minimum absolute atomic E-state index is 0.0134. The Morgan fingerprint density at radius 1 is 1.07 bits per heavy atom. The lowest BCUT2D eigenvalue weighted by Crippen LogP contribution is -2.12. The van der Waals surface area contributed by atoms with Gasteiger partial charge < -0.3 is 10.3 Å². The zero-order chi connectivity index (χ0) is 20.9. The topological polar surface area (TPSA) is 118 Å². The maximum atomic E-state index is 13.7. The number of fused-ring (bicyclic) bond motifs is 3. The lowest BCUT2D eigenvalue weighted by Gasteiger charge is -2.14. The van der Waals surface area contributed by atoms with E-state index in [0.717, 1.165) is 12.1 Å². The molecule has 0 amide bonds. The third kappa shape index (κ3) is 3.53. The van der Waals surface area contributed by atoms with Crippen LogP contribution >= 0.6 is 23.2 Å². The first-order valence-corrected chi connectivity index (χ1v) is 10.3. The van der Waals surface area contributed by atoms with Crippen molar-refractivity contribution in [3.05, 3.63) is 68.8 Å². The summed E-state index contributed by atoms with van der Waals surface area (Å²) in [5.74, 6) is -0.272.